The summed E-state index contributed by atoms with van der Waals surface area (Å²) in [6, 6.07) is 4.29. The second-order valence-corrected chi connectivity index (χ2v) is 4.20. The van der Waals surface area contributed by atoms with E-state index in [2.05, 4.69) is 0 Å². The molecule has 88 valence electrons. The molecule has 3 unspecified atom stereocenters. The molecule has 16 heavy (non-hydrogen) atoms. The van der Waals surface area contributed by atoms with Crippen molar-refractivity contribution in [2.45, 2.75) is 38.1 Å². The average molecular weight is 226 g/mol. The lowest BCUT2D eigenvalue weighted by molar-refractivity contribution is -0.00901. The molecule has 2 N–H and O–H groups in total. The molecule has 0 spiro atoms. The zero-order valence-electron chi connectivity index (χ0n) is 9.06. The van der Waals surface area contributed by atoms with Crippen LogP contribution in [0.1, 0.15) is 18.4 Å². The van der Waals surface area contributed by atoms with Crippen LogP contribution >= 0.6 is 0 Å². The first kappa shape index (κ1) is 11.4. The lowest BCUT2D eigenvalue weighted by atomic mass is 10.2. The van der Waals surface area contributed by atoms with Crippen LogP contribution < -0.4 is 4.74 Å². The predicted octanol–water partition coefficient (Wildman–Crippen LogP) is 1.40. The van der Waals surface area contributed by atoms with Crippen molar-refractivity contribution >= 4 is 0 Å². The van der Waals surface area contributed by atoms with E-state index in [1.54, 1.807) is 6.07 Å². The van der Waals surface area contributed by atoms with Gasteiger partial charge in [-0.3, -0.25) is 0 Å². The number of aryl methyl sites for hydroxylation is 1. The molecule has 4 heteroatoms. The van der Waals surface area contributed by atoms with E-state index in [1.165, 1.54) is 12.1 Å². The molecule has 2 rings (SSSR count). The van der Waals surface area contributed by atoms with Gasteiger partial charge in [-0.05, 0) is 31.4 Å². The van der Waals surface area contributed by atoms with Gasteiger partial charge in [-0.15, -0.1) is 0 Å². The molecule has 0 aromatic heterocycles. The quantitative estimate of drug-likeness (QED) is 0.801. The summed E-state index contributed by atoms with van der Waals surface area (Å²) < 4.78 is 18.5. The number of aliphatic hydroxyl groups is 2. The molecule has 3 nitrogen and oxygen atoms in total. The minimum absolute atomic E-state index is 0.367. The van der Waals surface area contributed by atoms with Crippen LogP contribution in [0.5, 0.6) is 5.75 Å². The molecule has 1 aliphatic carbocycles. The summed E-state index contributed by atoms with van der Waals surface area (Å²) in [7, 11) is 0. The summed E-state index contributed by atoms with van der Waals surface area (Å²) in [6.45, 7) is 1.81. The largest absolute Gasteiger partial charge is 0.487 e. The lowest BCUT2D eigenvalue weighted by Gasteiger charge is -2.19. The number of rotatable bonds is 2. The summed E-state index contributed by atoms with van der Waals surface area (Å²) in [6.07, 6.45) is -0.976. The monoisotopic (exact) mass is 226 g/mol. The van der Waals surface area contributed by atoms with Crippen LogP contribution in [0.25, 0.3) is 0 Å². The van der Waals surface area contributed by atoms with Gasteiger partial charge in [-0.25, -0.2) is 4.39 Å². The van der Waals surface area contributed by atoms with Gasteiger partial charge >= 0.3 is 0 Å². The Hall–Kier alpha value is -1.13. The Morgan fingerprint density at radius 3 is 2.69 bits per heavy atom. The molecule has 1 aromatic carbocycles. The Morgan fingerprint density at radius 1 is 1.31 bits per heavy atom. The first-order chi connectivity index (χ1) is 7.58. The molecular weight excluding hydrogens is 211 g/mol. The maximum atomic E-state index is 13.0. The zero-order valence-corrected chi connectivity index (χ0v) is 9.06. The highest BCUT2D eigenvalue weighted by atomic mass is 19.1. The molecular formula is C12H15FO3. The maximum absolute atomic E-state index is 13.0. The molecule has 1 saturated carbocycles. The van der Waals surface area contributed by atoms with Gasteiger partial charge in [0.1, 0.15) is 23.8 Å². The van der Waals surface area contributed by atoms with Crippen molar-refractivity contribution in [1.29, 1.82) is 0 Å². The van der Waals surface area contributed by atoms with Gasteiger partial charge in [0.2, 0.25) is 0 Å². The Kier molecular flexibility index (Phi) is 3.12. The SMILES string of the molecule is Cc1ccc(F)cc1OC1CCC(O)C1O. The fraction of sp³-hybridized carbons (Fsp3) is 0.500. The molecule has 0 aliphatic heterocycles. The van der Waals surface area contributed by atoms with Crippen molar-refractivity contribution in [2.75, 3.05) is 0 Å². The van der Waals surface area contributed by atoms with E-state index in [1.807, 2.05) is 6.92 Å². The van der Waals surface area contributed by atoms with Crippen LogP contribution in [0.3, 0.4) is 0 Å². The van der Waals surface area contributed by atoms with E-state index in [0.717, 1.165) is 5.56 Å². The van der Waals surface area contributed by atoms with E-state index < -0.39 is 18.3 Å². The van der Waals surface area contributed by atoms with E-state index in [9.17, 15) is 14.6 Å². The van der Waals surface area contributed by atoms with E-state index in [-0.39, 0.29) is 5.82 Å². The number of benzene rings is 1. The van der Waals surface area contributed by atoms with Crippen LogP contribution in [0.4, 0.5) is 4.39 Å². The average Bonchev–Trinajstić information content (AvgIpc) is 2.55. The lowest BCUT2D eigenvalue weighted by Crippen LogP contribution is -2.32. The Bertz CT molecular complexity index is 381. The Balaban J connectivity index is 2.12. The van der Waals surface area contributed by atoms with Crippen LogP contribution in [0, 0.1) is 12.7 Å². The van der Waals surface area contributed by atoms with Crippen molar-refractivity contribution in [1.82, 2.24) is 0 Å². The highest BCUT2D eigenvalue weighted by Gasteiger charge is 2.35. The van der Waals surface area contributed by atoms with Gasteiger partial charge in [-0.2, -0.15) is 0 Å². The second kappa shape index (κ2) is 4.39. The molecule has 0 radical (unpaired) electrons. The fourth-order valence-electron chi connectivity index (χ4n) is 1.92. The summed E-state index contributed by atoms with van der Waals surface area (Å²) in [4.78, 5) is 0. The highest BCUT2D eigenvalue weighted by molar-refractivity contribution is 5.33. The van der Waals surface area contributed by atoms with Crippen molar-refractivity contribution in [3.8, 4) is 5.75 Å². The Morgan fingerprint density at radius 2 is 2.06 bits per heavy atom. The predicted molar refractivity (Wildman–Crippen MR) is 56.8 cm³/mol. The van der Waals surface area contributed by atoms with Gasteiger partial charge in [0, 0.05) is 6.07 Å². The second-order valence-electron chi connectivity index (χ2n) is 4.20. The van der Waals surface area contributed by atoms with Crippen LogP contribution in [-0.2, 0) is 0 Å². The van der Waals surface area contributed by atoms with Crippen molar-refractivity contribution in [2.24, 2.45) is 0 Å². The van der Waals surface area contributed by atoms with Gasteiger partial charge in [0.15, 0.2) is 0 Å². The number of hydrogen-bond acceptors (Lipinski definition) is 3. The van der Waals surface area contributed by atoms with Gasteiger partial charge < -0.3 is 14.9 Å². The van der Waals surface area contributed by atoms with Crippen LogP contribution in [0.2, 0.25) is 0 Å². The summed E-state index contributed by atoms with van der Waals surface area (Å²) in [5.41, 5.74) is 0.815. The standard InChI is InChI=1S/C12H15FO3/c1-7-2-3-8(13)6-11(7)16-10-5-4-9(14)12(10)15/h2-3,6,9-10,12,14-15H,4-5H2,1H3. The molecule has 0 heterocycles. The van der Waals surface area contributed by atoms with E-state index in [0.29, 0.717) is 18.6 Å². The number of ether oxygens (including phenoxy) is 1. The summed E-state index contributed by atoms with van der Waals surface area (Å²) in [5.74, 6) is 0.0618. The van der Waals surface area contributed by atoms with Crippen molar-refractivity contribution in [3.05, 3.63) is 29.6 Å². The summed E-state index contributed by atoms with van der Waals surface area (Å²) in [5, 5.41) is 19.0. The maximum Gasteiger partial charge on any atom is 0.127 e. The van der Waals surface area contributed by atoms with Crippen molar-refractivity contribution < 1.29 is 19.3 Å². The van der Waals surface area contributed by atoms with Gasteiger partial charge in [0.25, 0.3) is 0 Å². The normalized spacial score (nSPS) is 29.4. The fourth-order valence-corrected chi connectivity index (χ4v) is 1.92. The molecule has 0 amide bonds. The molecule has 3 atom stereocenters. The topological polar surface area (TPSA) is 49.7 Å². The number of halogens is 1. The number of hydrogen-bond donors (Lipinski definition) is 2. The van der Waals surface area contributed by atoms with Crippen LogP contribution in [-0.4, -0.2) is 28.5 Å². The van der Waals surface area contributed by atoms with Crippen LogP contribution in [0.15, 0.2) is 18.2 Å². The van der Waals surface area contributed by atoms with E-state index in [4.69, 9.17) is 4.74 Å². The van der Waals surface area contributed by atoms with E-state index >= 15 is 0 Å². The minimum atomic E-state index is -0.886. The summed E-state index contributed by atoms with van der Waals surface area (Å²) >= 11 is 0. The molecule has 1 aliphatic rings. The third-order valence-electron chi connectivity index (χ3n) is 2.95. The molecule has 1 aromatic rings. The highest BCUT2D eigenvalue weighted by Crippen LogP contribution is 2.27. The zero-order chi connectivity index (χ0) is 11.7. The van der Waals surface area contributed by atoms with Gasteiger partial charge in [-0.1, -0.05) is 6.07 Å². The smallest absolute Gasteiger partial charge is 0.127 e. The number of aliphatic hydroxyl groups excluding tert-OH is 2. The molecule has 0 saturated heterocycles. The third kappa shape index (κ3) is 2.18. The minimum Gasteiger partial charge on any atom is -0.487 e. The molecule has 0 bridgehead atoms. The molecule has 1 fully saturated rings. The first-order valence-corrected chi connectivity index (χ1v) is 5.37. The third-order valence-corrected chi connectivity index (χ3v) is 2.95. The van der Waals surface area contributed by atoms with Gasteiger partial charge in [0.05, 0.1) is 6.10 Å². The van der Waals surface area contributed by atoms with Crippen molar-refractivity contribution in [3.63, 3.8) is 0 Å². The Labute approximate surface area is 93.5 Å². The first-order valence-electron chi connectivity index (χ1n) is 5.37.